The number of imidazole rings is 1. The Bertz CT molecular complexity index is 1390. The lowest BCUT2D eigenvalue weighted by atomic mass is 10.1. The lowest BCUT2D eigenvalue weighted by molar-refractivity contribution is -0.117. The Hall–Kier alpha value is -4.16. The molecule has 1 aliphatic carbocycles. The molecule has 0 aliphatic heterocycles. The van der Waals surface area contributed by atoms with Crippen LogP contribution in [-0.4, -0.2) is 48.9 Å². The molecule has 3 heterocycles. The second-order valence-corrected chi connectivity index (χ2v) is 7.78. The highest BCUT2D eigenvalue weighted by atomic mass is 19.3. The van der Waals surface area contributed by atoms with Gasteiger partial charge in [-0.2, -0.15) is 5.10 Å². The molecule has 13 heteroatoms. The van der Waals surface area contributed by atoms with Crippen molar-refractivity contribution in [1.29, 1.82) is 0 Å². The number of hydrogen-bond donors (Lipinski definition) is 3. The van der Waals surface area contributed by atoms with Gasteiger partial charge in [-0.1, -0.05) is 6.07 Å². The van der Waals surface area contributed by atoms with E-state index in [4.69, 9.17) is 4.74 Å². The fourth-order valence-electron chi connectivity index (χ4n) is 3.56. The van der Waals surface area contributed by atoms with E-state index in [1.54, 1.807) is 36.3 Å². The summed E-state index contributed by atoms with van der Waals surface area (Å²) in [4.78, 5) is 27.0. The second kappa shape index (κ2) is 8.32. The maximum absolute atomic E-state index is 13.3. The molecule has 3 aromatic heterocycles. The van der Waals surface area contributed by atoms with Crippen molar-refractivity contribution in [3.63, 3.8) is 0 Å². The van der Waals surface area contributed by atoms with Crippen LogP contribution >= 0.6 is 0 Å². The number of nitrogens with zero attached hydrogens (tertiary/aromatic N) is 5. The van der Waals surface area contributed by atoms with Crippen molar-refractivity contribution in [2.24, 2.45) is 13.0 Å². The largest absolute Gasteiger partial charge is 0.494 e. The molecule has 0 bridgehead atoms. The number of aryl methyl sites for hydroxylation is 1. The maximum Gasteiger partial charge on any atom is 0.295 e. The lowest BCUT2D eigenvalue weighted by Gasteiger charge is -2.15. The van der Waals surface area contributed by atoms with Crippen LogP contribution in [0.15, 0.2) is 30.6 Å². The second-order valence-electron chi connectivity index (χ2n) is 7.78. The van der Waals surface area contributed by atoms with E-state index in [9.17, 15) is 18.0 Å². The first-order valence-corrected chi connectivity index (χ1v) is 10.3. The Kier molecular flexibility index (Phi) is 5.30. The molecule has 2 atom stereocenters. The third-order valence-corrected chi connectivity index (χ3v) is 5.31. The molecule has 1 amide bonds. The number of nitrogens with one attached hydrogen (secondary N) is 3. The highest BCUT2D eigenvalue weighted by Gasteiger charge is 2.43. The number of ether oxygens (including phenoxy) is 1. The number of amides is 1. The van der Waals surface area contributed by atoms with Crippen LogP contribution in [0.25, 0.3) is 22.6 Å². The zero-order valence-electron chi connectivity index (χ0n) is 18.0. The molecule has 1 aliphatic rings. The van der Waals surface area contributed by atoms with Gasteiger partial charge in [0.1, 0.15) is 23.8 Å². The molecular formula is C21H19F3N8O2. The number of halogens is 3. The molecule has 10 nitrogen and oxygen atoms in total. The lowest BCUT2D eigenvalue weighted by Crippen LogP contribution is -2.16. The number of hydrogen-bond acceptors (Lipinski definition) is 7. The molecule has 0 saturated heterocycles. The summed E-state index contributed by atoms with van der Waals surface area (Å²) in [6, 6.07) is 6.69. The van der Waals surface area contributed by atoms with Crippen molar-refractivity contribution in [3.8, 4) is 17.1 Å². The molecule has 34 heavy (non-hydrogen) atoms. The van der Waals surface area contributed by atoms with Gasteiger partial charge in [-0.25, -0.2) is 28.1 Å². The Balaban J connectivity index is 1.56. The third kappa shape index (κ3) is 4.00. The first-order valence-electron chi connectivity index (χ1n) is 10.3. The van der Waals surface area contributed by atoms with Crippen LogP contribution in [-0.2, 0) is 11.8 Å². The molecule has 0 radical (unpaired) electrons. The Morgan fingerprint density at radius 3 is 2.74 bits per heavy atom. The van der Waals surface area contributed by atoms with Gasteiger partial charge in [0.05, 0.1) is 30.0 Å². The van der Waals surface area contributed by atoms with E-state index in [1.807, 2.05) is 0 Å². The third-order valence-electron chi connectivity index (χ3n) is 5.31. The molecule has 2 unspecified atom stereocenters. The minimum Gasteiger partial charge on any atom is -0.494 e. The van der Waals surface area contributed by atoms with Gasteiger partial charge in [0.25, 0.3) is 6.43 Å². The van der Waals surface area contributed by atoms with Gasteiger partial charge in [0.2, 0.25) is 5.91 Å². The van der Waals surface area contributed by atoms with Crippen LogP contribution in [0.3, 0.4) is 0 Å². The van der Waals surface area contributed by atoms with Crippen molar-refractivity contribution in [1.82, 2.24) is 29.7 Å². The number of methoxy groups -OCH3 is 1. The summed E-state index contributed by atoms with van der Waals surface area (Å²) in [6.07, 6.45) is -2.35. The summed E-state index contributed by atoms with van der Waals surface area (Å²) >= 11 is 0. The molecule has 1 fully saturated rings. The van der Waals surface area contributed by atoms with Gasteiger partial charge >= 0.3 is 0 Å². The van der Waals surface area contributed by atoms with Crippen LogP contribution in [0.1, 0.15) is 18.7 Å². The SMILES string of the molecule is COc1c(Nc2cc(NC(=O)C3CC3F)nc3[nH]c(C(F)F)nc23)cccc1-c1ncn(C)n1. The Morgan fingerprint density at radius 1 is 1.29 bits per heavy atom. The number of anilines is 3. The molecular weight excluding hydrogens is 453 g/mol. The molecule has 1 saturated carbocycles. The minimum atomic E-state index is -2.85. The van der Waals surface area contributed by atoms with E-state index in [-0.39, 0.29) is 29.1 Å². The summed E-state index contributed by atoms with van der Waals surface area (Å²) in [6.45, 7) is 0. The molecule has 3 N–H and O–H groups in total. The first-order chi connectivity index (χ1) is 16.3. The zero-order chi connectivity index (χ0) is 24.0. The van der Waals surface area contributed by atoms with Crippen LogP contribution in [0, 0.1) is 5.92 Å². The van der Waals surface area contributed by atoms with Gasteiger partial charge < -0.3 is 20.4 Å². The molecule has 4 aromatic rings. The van der Waals surface area contributed by atoms with Crippen molar-refractivity contribution in [2.45, 2.75) is 19.0 Å². The average molecular weight is 472 g/mol. The maximum atomic E-state index is 13.3. The molecule has 0 spiro atoms. The predicted octanol–water partition coefficient (Wildman–Crippen LogP) is 3.74. The minimum absolute atomic E-state index is 0.0321. The topological polar surface area (TPSA) is 123 Å². The standard InChI is InChI=1S/C21H19F3N8O2/c1-32-8-25-18(31-32)9-4-3-5-12(16(9)34-2)26-13-7-14(28-21(33)10-6-11(10)22)27-19-15(13)29-20(30-19)17(23)24/h3-5,7-8,10-11,17H,6H2,1-2H3,(H3,26,27,28,29,30,33). The van der Waals surface area contributed by atoms with Gasteiger partial charge in [0.15, 0.2) is 23.0 Å². The van der Waals surface area contributed by atoms with E-state index in [2.05, 4.69) is 35.7 Å². The summed E-state index contributed by atoms with van der Waals surface area (Å²) in [5.41, 5.74) is 1.52. The summed E-state index contributed by atoms with van der Waals surface area (Å²) in [5.74, 6) is -0.939. The van der Waals surface area contributed by atoms with Crippen molar-refractivity contribution < 1.29 is 22.7 Å². The van der Waals surface area contributed by atoms with Crippen LogP contribution in [0.4, 0.5) is 30.4 Å². The van der Waals surface area contributed by atoms with Crippen molar-refractivity contribution >= 4 is 34.3 Å². The monoisotopic (exact) mass is 472 g/mol. The first kappa shape index (κ1) is 21.7. The van der Waals surface area contributed by atoms with Crippen LogP contribution in [0.2, 0.25) is 0 Å². The number of carbonyl (C=O) groups excluding carboxylic acids is 1. The van der Waals surface area contributed by atoms with E-state index >= 15 is 0 Å². The number of rotatable bonds is 7. The van der Waals surface area contributed by atoms with E-state index in [0.29, 0.717) is 22.8 Å². The number of pyridine rings is 1. The number of fused-ring (bicyclic) bond motifs is 1. The van der Waals surface area contributed by atoms with Crippen LogP contribution < -0.4 is 15.4 Å². The fourth-order valence-corrected chi connectivity index (χ4v) is 3.56. The quantitative estimate of drug-likeness (QED) is 0.374. The van der Waals surface area contributed by atoms with Gasteiger partial charge in [-0.05, 0) is 18.6 Å². The number of benzene rings is 1. The number of aromatic nitrogens is 6. The van der Waals surface area contributed by atoms with Gasteiger partial charge in [-0.15, -0.1) is 0 Å². The normalized spacial score (nSPS) is 17.2. The molecule has 176 valence electrons. The Labute approximate surface area is 190 Å². The number of carbonyl (C=O) groups is 1. The van der Waals surface area contributed by atoms with Gasteiger partial charge in [-0.3, -0.25) is 9.48 Å². The predicted molar refractivity (Wildman–Crippen MR) is 117 cm³/mol. The van der Waals surface area contributed by atoms with E-state index in [1.165, 1.54) is 13.2 Å². The van der Waals surface area contributed by atoms with Crippen LogP contribution in [0.5, 0.6) is 5.75 Å². The zero-order valence-corrected chi connectivity index (χ0v) is 18.0. The number of aromatic amines is 1. The number of alkyl halides is 3. The smallest absolute Gasteiger partial charge is 0.295 e. The van der Waals surface area contributed by atoms with Gasteiger partial charge in [0, 0.05) is 13.1 Å². The fraction of sp³-hybridized carbons (Fsp3) is 0.286. The van der Waals surface area contributed by atoms with E-state index in [0.717, 1.165) is 0 Å². The van der Waals surface area contributed by atoms with E-state index < -0.39 is 30.2 Å². The van der Waals surface area contributed by atoms with Crippen molar-refractivity contribution in [2.75, 3.05) is 17.7 Å². The number of H-pyrrole nitrogens is 1. The molecule has 1 aromatic carbocycles. The average Bonchev–Trinajstić information content (AvgIpc) is 3.18. The highest BCUT2D eigenvalue weighted by Crippen LogP contribution is 2.39. The highest BCUT2D eigenvalue weighted by molar-refractivity contribution is 5.98. The summed E-state index contributed by atoms with van der Waals surface area (Å²) in [5, 5.41) is 9.96. The number of para-hydroxylation sites is 1. The summed E-state index contributed by atoms with van der Waals surface area (Å²) in [7, 11) is 3.22. The molecule has 5 rings (SSSR count). The Morgan fingerprint density at radius 2 is 2.09 bits per heavy atom. The summed E-state index contributed by atoms with van der Waals surface area (Å²) < 4.78 is 47.0. The van der Waals surface area contributed by atoms with Crippen molar-refractivity contribution in [3.05, 3.63) is 36.4 Å².